The average molecular weight is 379 g/mol. The summed E-state index contributed by atoms with van der Waals surface area (Å²) in [5.41, 5.74) is 0.893. The summed E-state index contributed by atoms with van der Waals surface area (Å²) in [5.74, 6) is -1.64. The van der Waals surface area contributed by atoms with E-state index in [2.05, 4.69) is 5.32 Å². The van der Waals surface area contributed by atoms with Crippen LogP contribution in [0, 0.1) is 0 Å². The molecule has 1 aromatic carbocycles. The first kappa shape index (κ1) is 23.9. The van der Waals surface area contributed by atoms with E-state index in [1.54, 1.807) is 0 Å². The summed E-state index contributed by atoms with van der Waals surface area (Å²) < 4.78 is 5.22. The van der Waals surface area contributed by atoms with Gasteiger partial charge in [0.2, 0.25) is 5.91 Å². The third kappa shape index (κ3) is 11.2. The van der Waals surface area contributed by atoms with Crippen LogP contribution >= 0.6 is 0 Å². The molecule has 0 bridgehead atoms. The van der Waals surface area contributed by atoms with Gasteiger partial charge in [0.25, 0.3) is 0 Å². The van der Waals surface area contributed by atoms with Gasteiger partial charge in [0.1, 0.15) is 0 Å². The lowest BCUT2D eigenvalue weighted by Crippen LogP contribution is -2.53. The predicted octanol–water partition coefficient (Wildman–Crippen LogP) is -0.780. The van der Waals surface area contributed by atoms with Gasteiger partial charge in [-0.25, -0.2) is 0 Å². The molecule has 1 aliphatic heterocycles. The highest BCUT2D eigenvalue weighted by molar-refractivity contribution is 6.45. The standard InChI is InChI=1S/C14H18BNO5.2CO2/c17-13(8-10-4-2-1-3-5-10)16-12-7-6-11(9-14(18)19)21-15(12)20;2*2-1-3/h1-5,11-12,20H,6-9H2,(H,16,17)(H,18,19);;/t11-,12-;;/m0../s1. The Kier molecular flexibility index (Phi) is 12.5. The Morgan fingerprint density at radius 2 is 1.67 bits per heavy atom. The van der Waals surface area contributed by atoms with Crippen LogP contribution in [0.2, 0.25) is 0 Å². The Balaban J connectivity index is 0.000000997. The van der Waals surface area contributed by atoms with E-state index in [4.69, 9.17) is 28.9 Å². The predicted molar refractivity (Wildman–Crippen MR) is 86.4 cm³/mol. The molecule has 2 rings (SSSR count). The largest absolute Gasteiger partial charge is 0.481 e. The van der Waals surface area contributed by atoms with Gasteiger partial charge in [-0.05, 0) is 18.4 Å². The maximum atomic E-state index is 11.9. The number of aliphatic carboxylic acids is 1. The first-order valence-electron chi connectivity index (χ1n) is 7.75. The minimum absolute atomic E-state index is 0.137. The summed E-state index contributed by atoms with van der Waals surface area (Å²) >= 11 is 0. The first-order valence-corrected chi connectivity index (χ1v) is 7.75. The molecule has 0 unspecified atom stereocenters. The molecule has 1 saturated heterocycles. The molecule has 1 amide bonds. The molecule has 1 fully saturated rings. The van der Waals surface area contributed by atoms with E-state index >= 15 is 0 Å². The van der Waals surface area contributed by atoms with Gasteiger partial charge in [-0.3, -0.25) is 9.59 Å². The lowest BCUT2D eigenvalue weighted by atomic mass is 9.72. The number of hydrogen-bond acceptors (Lipinski definition) is 8. The molecule has 144 valence electrons. The van der Waals surface area contributed by atoms with Gasteiger partial charge >= 0.3 is 25.4 Å². The fraction of sp³-hybridized carbons (Fsp3) is 0.375. The molecule has 2 atom stereocenters. The van der Waals surface area contributed by atoms with Crippen LogP contribution in [0.5, 0.6) is 0 Å². The van der Waals surface area contributed by atoms with Crippen molar-refractivity contribution >= 4 is 31.3 Å². The molecule has 0 radical (unpaired) electrons. The maximum Gasteiger partial charge on any atom is 0.478 e. The second kappa shape index (κ2) is 14.1. The fourth-order valence-corrected chi connectivity index (χ4v) is 2.40. The highest BCUT2D eigenvalue weighted by Gasteiger charge is 2.36. The lowest BCUT2D eigenvalue weighted by molar-refractivity contribution is -0.193. The molecule has 1 heterocycles. The molecule has 10 nitrogen and oxygen atoms in total. The Hall–Kier alpha value is -3.10. The number of nitrogens with one attached hydrogen (secondary N) is 1. The van der Waals surface area contributed by atoms with Crippen molar-refractivity contribution in [2.24, 2.45) is 0 Å². The van der Waals surface area contributed by atoms with E-state index in [-0.39, 0.29) is 31.1 Å². The molecule has 3 N–H and O–H groups in total. The minimum Gasteiger partial charge on any atom is -0.481 e. The zero-order valence-corrected chi connectivity index (χ0v) is 14.2. The number of hydrogen-bond donors (Lipinski definition) is 3. The van der Waals surface area contributed by atoms with E-state index in [0.717, 1.165) is 5.56 Å². The number of rotatable bonds is 5. The second-order valence-electron chi connectivity index (χ2n) is 5.33. The third-order valence-electron chi connectivity index (χ3n) is 3.43. The maximum absolute atomic E-state index is 11.9. The third-order valence-corrected chi connectivity index (χ3v) is 3.43. The van der Waals surface area contributed by atoms with Gasteiger partial charge in [-0.15, -0.1) is 0 Å². The van der Waals surface area contributed by atoms with Gasteiger partial charge in [0, 0.05) is 0 Å². The quantitative estimate of drug-likeness (QED) is 0.557. The number of carbonyl (C=O) groups excluding carboxylic acids is 5. The van der Waals surface area contributed by atoms with Crippen molar-refractivity contribution in [1.29, 1.82) is 0 Å². The van der Waals surface area contributed by atoms with Crippen LogP contribution in [0.3, 0.4) is 0 Å². The number of carboxylic acids is 1. The van der Waals surface area contributed by atoms with Gasteiger partial charge in [0.15, 0.2) is 0 Å². The molecular formula is C16H18BNO9. The van der Waals surface area contributed by atoms with Crippen molar-refractivity contribution in [1.82, 2.24) is 5.32 Å². The summed E-state index contributed by atoms with van der Waals surface area (Å²) in [6, 6.07) is 9.31. The highest BCUT2D eigenvalue weighted by Crippen LogP contribution is 2.18. The molecule has 0 aliphatic carbocycles. The normalized spacial score (nSPS) is 17.6. The number of amides is 1. The van der Waals surface area contributed by atoms with Crippen molar-refractivity contribution in [2.75, 3.05) is 0 Å². The van der Waals surface area contributed by atoms with E-state index in [9.17, 15) is 14.6 Å². The van der Waals surface area contributed by atoms with Gasteiger partial charge in [-0.1, -0.05) is 30.3 Å². The summed E-state index contributed by atoms with van der Waals surface area (Å²) in [5, 5.41) is 21.3. The van der Waals surface area contributed by atoms with E-state index in [1.807, 2.05) is 30.3 Å². The van der Waals surface area contributed by atoms with E-state index in [0.29, 0.717) is 12.8 Å². The SMILES string of the molecule is O=C(O)C[C@@H]1CC[C@H](NC(=O)Cc2ccccc2)B(O)O1.O=C=O.O=C=O. The monoisotopic (exact) mass is 379 g/mol. The zero-order chi connectivity index (χ0) is 20.7. The Bertz CT molecular complexity index is 643. The van der Waals surface area contributed by atoms with Crippen LogP contribution < -0.4 is 5.32 Å². The first-order chi connectivity index (χ1) is 12.9. The van der Waals surface area contributed by atoms with Crippen molar-refractivity contribution in [2.45, 2.75) is 37.7 Å². The molecule has 11 heteroatoms. The smallest absolute Gasteiger partial charge is 0.478 e. The molecule has 0 aromatic heterocycles. The topological polar surface area (TPSA) is 164 Å². The van der Waals surface area contributed by atoms with E-state index in [1.165, 1.54) is 0 Å². The Morgan fingerprint density at radius 3 is 2.15 bits per heavy atom. The molecular weight excluding hydrogens is 361 g/mol. The van der Waals surface area contributed by atoms with Crippen LogP contribution in [-0.4, -0.2) is 53.5 Å². The number of benzene rings is 1. The zero-order valence-electron chi connectivity index (χ0n) is 14.2. The molecule has 1 aliphatic rings. The van der Waals surface area contributed by atoms with Crippen LogP contribution in [-0.2, 0) is 39.8 Å². The van der Waals surface area contributed by atoms with E-state index < -0.39 is 25.1 Å². The summed E-state index contributed by atoms with van der Waals surface area (Å²) in [7, 11) is -1.16. The summed E-state index contributed by atoms with van der Waals surface area (Å²) in [4.78, 5) is 55.0. The molecule has 0 spiro atoms. The van der Waals surface area contributed by atoms with Crippen LogP contribution in [0.1, 0.15) is 24.8 Å². The van der Waals surface area contributed by atoms with Crippen LogP contribution in [0.4, 0.5) is 0 Å². The summed E-state index contributed by atoms with van der Waals surface area (Å²) in [6.07, 6.45) is 1.10. The second-order valence-corrected chi connectivity index (χ2v) is 5.33. The highest BCUT2D eigenvalue weighted by atomic mass is 16.5. The van der Waals surface area contributed by atoms with Crippen LogP contribution in [0.25, 0.3) is 0 Å². The van der Waals surface area contributed by atoms with Gasteiger partial charge < -0.3 is 20.1 Å². The van der Waals surface area contributed by atoms with Crippen molar-refractivity contribution in [3.63, 3.8) is 0 Å². The Morgan fingerprint density at radius 1 is 1.11 bits per heavy atom. The number of carboxylic acid groups (broad SMARTS) is 1. The van der Waals surface area contributed by atoms with Crippen molar-refractivity contribution < 1.29 is 43.6 Å². The minimum atomic E-state index is -1.16. The van der Waals surface area contributed by atoms with Crippen molar-refractivity contribution in [3.05, 3.63) is 35.9 Å². The lowest BCUT2D eigenvalue weighted by Gasteiger charge is -2.30. The molecule has 27 heavy (non-hydrogen) atoms. The summed E-state index contributed by atoms with van der Waals surface area (Å²) in [6.45, 7) is 0. The Labute approximate surface area is 154 Å². The van der Waals surface area contributed by atoms with Crippen molar-refractivity contribution in [3.8, 4) is 0 Å². The van der Waals surface area contributed by atoms with Gasteiger partial charge in [0.05, 0.1) is 24.9 Å². The average Bonchev–Trinajstić information content (AvgIpc) is 2.59. The molecule has 0 saturated carbocycles. The number of carbonyl (C=O) groups is 2. The van der Waals surface area contributed by atoms with Gasteiger partial charge in [-0.2, -0.15) is 19.2 Å². The fourth-order valence-electron chi connectivity index (χ4n) is 2.40. The van der Waals surface area contributed by atoms with Crippen LogP contribution in [0.15, 0.2) is 30.3 Å². The molecule has 1 aromatic rings.